The highest BCUT2D eigenvalue weighted by molar-refractivity contribution is 5.86. The second-order valence-electron chi connectivity index (χ2n) is 8.83. The number of fused-ring (bicyclic) bond motifs is 1. The van der Waals surface area contributed by atoms with Gasteiger partial charge in [0, 0.05) is 11.3 Å². The standard InChI is InChI=1S/C30H30N2O4/c1-2-3-20-30(28(33)34,27(23-13-6-4-7-14-23)24-15-8-5-9-16-24)32-29(35)36-21-25-19-18-22-12-10-11-17-26(22)31-25/h4-19,27H,2-3,20-21H2,1H3,(H,32,35)(H,33,34)/t30-/m0/s1. The van der Waals surface area contributed by atoms with Crippen LogP contribution in [0.2, 0.25) is 0 Å². The number of carbonyl (C=O) groups excluding carboxylic acids is 1. The van der Waals surface area contributed by atoms with Crippen molar-refractivity contribution in [3.05, 3.63) is 114 Å². The van der Waals surface area contributed by atoms with Gasteiger partial charge >= 0.3 is 12.1 Å². The normalized spacial score (nSPS) is 12.7. The Labute approximate surface area is 211 Å². The van der Waals surface area contributed by atoms with Crippen LogP contribution in [0.4, 0.5) is 4.79 Å². The highest BCUT2D eigenvalue weighted by atomic mass is 16.5. The van der Waals surface area contributed by atoms with Crippen molar-refractivity contribution >= 4 is 23.0 Å². The van der Waals surface area contributed by atoms with E-state index < -0.39 is 23.5 Å². The topological polar surface area (TPSA) is 88.5 Å². The van der Waals surface area contributed by atoms with Crippen molar-refractivity contribution in [3.8, 4) is 0 Å². The molecule has 0 radical (unpaired) electrons. The van der Waals surface area contributed by atoms with Gasteiger partial charge in [0.05, 0.1) is 11.2 Å². The summed E-state index contributed by atoms with van der Waals surface area (Å²) in [6.45, 7) is 1.93. The first kappa shape index (κ1) is 24.9. The molecule has 4 aromatic rings. The van der Waals surface area contributed by atoms with Crippen molar-refractivity contribution in [1.29, 1.82) is 0 Å². The summed E-state index contributed by atoms with van der Waals surface area (Å²) in [6, 6.07) is 30.3. The van der Waals surface area contributed by atoms with E-state index in [2.05, 4.69) is 10.3 Å². The molecular weight excluding hydrogens is 452 g/mol. The molecule has 1 aromatic heterocycles. The van der Waals surface area contributed by atoms with E-state index in [1.165, 1.54) is 0 Å². The van der Waals surface area contributed by atoms with Crippen LogP contribution in [-0.4, -0.2) is 27.7 Å². The van der Waals surface area contributed by atoms with Gasteiger partial charge in [-0.2, -0.15) is 0 Å². The SMILES string of the molecule is CCCC[C@@](NC(=O)OCc1ccc2ccccc2n1)(C(=O)O)C(c1ccccc1)c1ccccc1. The highest BCUT2D eigenvalue weighted by Gasteiger charge is 2.48. The van der Waals surface area contributed by atoms with E-state index in [1.807, 2.05) is 97.9 Å². The quantitative estimate of drug-likeness (QED) is 0.277. The molecule has 0 bridgehead atoms. The van der Waals surface area contributed by atoms with Crippen molar-refractivity contribution in [2.24, 2.45) is 0 Å². The molecule has 0 unspecified atom stereocenters. The van der Waals surface area contributed by atoms with Crippen LogP contribution in [0, 0.1) is 0 Å². The average molecular weight is 483 g/mol. The molecule has 6 nitrogen and oxygen atoms in total. The molecule has 1 heterocycles. The van der Waals surface area contributed by atoms with E-state index in [0.717, 1.165) is 28.5 Å². The van der Waals surface area contributed by atoms with E-state index in [0.29, 0.717) is 12.1 Å². The number of para-hydroxylation sites is 1. The van der Waals surface area contributed by atoms with Gasteiger partial charge in [0.15, 0.2) is 5.54 Å². The number of benzene rings is 3. The molecule has 36 heavy (non-hydrogen) atoms. The van der Waals surface area contributed by atoms with Crippen LogP contribution >= 0.6 is 0 Å². The van der Waals surface area contributed by atoms with Gasteiger partial charge in [-0.25, -0.2) is 14.6 Å². The molecule has 3 aromatic carbocycles. The summed E-state index contributed by atoms with van der Waals surface area (Å²) in [5, 5.41) is 14.4. The van der Waals surface area contributed by atoms with Crippen molar-refractivity contribution in [2.75, 3.05) is 0 Å². The lowest BCUT2D eigenvalue weighted by molar-refractivity contribution is -0.145. The minimum atomic E-state index is -1.60. The number of carbonyl (C=O) groups is 2. The molecule has 6 heteroatoms. The first-order chi connectivity index (χ1) is 17.5. The summed E-state index contributed by atoms with van der Waals surface area (Å²) in [4.78, 5) is 30.6. The van der Waals surface area contributed by atoms with Gasteiger partial charge in [0.2, 0.25) is 0 Å². The Morgan fingerprint density at radius 3 is 2.11 bits per heavy atom. The van der Waals surface area contributed by atoms with Crippen LogP contribution in [0.3, 0.4) is 0 Å². The van der Waals surface area contributed by atoms with Crippen molar-refractivity contribution in [3.63, 3.8) is 0 Å². The summed E-state index contributed by atoms with van der Waals surface area (Å²) >= 11 is 0. The Hall–Kier alpha value is -4.19. The third-order valence-corrected chi connectivity index (χ3v) is 6.40. The molecule has 0 aliphatic carbocycles. The lowest BCUT2D eigenvalue weighted by atomic mass is 9.72. The fraction of sp³-hybridized carbons (Fsp3) is 0.233. The number of carboxylic acid groups (broad SMARTS) is 1. The summed E-state index contributed by atoms with van der Waals surface area (Å²) in [5.41, 5.74) is 1.39. The maximum atomic E-state index is 13.1. The predicted octanol–water partition coefficient (Wildman–Crippen LogP) is 6.31. The molecule has 0 saturated heterocycles. The van der Waals surface area contributed by atoms with E-state index >= 15 is 0 Å². The van der Waals surface area contributed by atoms with Crippen LogP contribution in [0.25, 0.3) is 10.9 Å². The number of carboxylic acids is 1. The molecule has 0 aliphatic rings. The number of aliphatic carboxylic acids is 1. The number of aromatic nitrogens is 1. The number of alkyl carbamates (subject to hydrolysis) is 1. The van der Waals surface area contributed by atoms with Gasteiger partial charge in [0.25, 0.3) is 0 Å². The first-order valence-corrected chi connectivity index (χ1v) is 12.2. The molecule has 4 rings (SSSR count). The summed E-state index contributed by atoms with van der Waals surface area (Å²) < 4.78 is 5.51. The maximum absolute atomic E-state index is 13.1. The number of hydrogen-bond donors (Lipinski definition) is 2. The number of amides is 1. The fourth-order valence-electron chi connectivity index (χ4n) is 4.62. The van der Waals surface area contributed by atoms with Crippen LogP contribution in [0.15, 0.2) is 97.1 Å². The van der Waals surface area contributed by atoms with E-state index in [1.54, 1.807) is 6.07 Å². The number of nitrogens with zero attached hydrogens (tertiary/aromatic N) is 1. The molecule has 1 atom stereocenters. The van der Waals surface area contributed by atoms with E-state index in [9.17, 15) is 14.7 Å². The summed E-state index contributed by atoms with van der Waals surface area (Å²) in [5.74, 6) is -1.72. The zero-order valence-electron chi connectivity index (χ0n) is 20.3. The predicted molar refractivity (Wildman–Crippen MR) is 140 cm³/mol. The fourth-order valence-corrected chi connectivity index (χ4v) is 4.62. The van der Waals surface area contributed by atoms with Crippen LogP contribution in [0.5, 0.6) is 0 Å². The lowest BCUT2D eigenvalue weighted by Crippen LogP contribution is -2.58. The number of unbranched alkanes of at least 4 members (excludes halogenated alkanes) is 1. The maximum Gasteiger partial charge on any atom is 0.408 e. The Bertz CT molecular complexity index is 1270. The zero-order valence-corrected chi connectivity index (χ0v) is 20.3. The van der Waals surface area contributed by atoms with Gasteiger partial charge in [-0.05, 0) is 29.7 Å². The minimum Gasteiger partial charge on any atom is -0.479 e. The van der Waals surface area contributed by atoms with E-state index in [4.69, 9.17) is 4.74 Å². The highest BCUT2D eigenvalue weighted by Crippen LogP contribution is 2.39. The number of nitrogens with one attached hydrogen (secondary N) is 1. The molecule has 0 saturated carbocycles. The largest absolute Gasteiger partial charge is 0.479 e. The molecule has 1 amide bonds. The number of rotatable bonds is 10. The van der Waals surface area contributed by atoms with Gasteiger partial charge in [-0.1, -0.05) is 105 Å². The zero-order chi connectivity index (χ0) is 25.4. The van der Waals surface area contributed by atoms with Gasteiger partial charge in [-0.15, -0.1) is 0 Å². The van der Waals surface area contributed by atoms with Crippen molar-refractivity contribution in [1.82, 2.24) is 10.3 Å². The van der Waals surface area contributed by atoms with Crippen LogP contribution in [-0.2, 0) is 16.1 Å². The summed E-state index contributed by atoms with van der Waals surface area (Å²) in [7, 11) is 0. The molecule has 2 N–H and O–H groups in total. The first-order valence-electron chi connectivity index (χ1n) is 12.2. The summed E-state index contributed by atoms with van der Waals surface area (Å²) in [6.07, 6.45) is 0.856. The Kier molecular flexibility index (Phi) is 7.95. The molecule has 184 valence electrons. The minimum absolute atomic E-state index is 0.0680. The average Bonchev–Trinajstić information content (AvgIpc) is 2.91. The monoisotopic (exact) mass is 482 g/mol. The molecule has 0 fully saturated rings. The lowest BCUT2D eigenvalue weighted by Gasteiger charge is -2.38. The van der Waals surface area contributed by atoms with Crippen LogP contribution < -0.4 is 5.32 Å². The van der Waals surface area contributed by atoms with Gasteiger partial charge in [0.1, 0.15) is 6.61 Å². The van der Waals surface area contributed by atoms with Crippen molar-refractivity contribution in [2.45, 2.75) is 44.2 Å². The molecular formula is C30H30N2O4. The molecule has 0 aliphatic heterocycles. The number of pyridine rings is 1. The van der Waals surface area contributed by atoms with Gasteiger partial charge < -0.3 is 15.2 Å². The Morgan fingerprint density at radius 2 is 1.50 bits per heavy atom. The molecule has 0 spiro atoms. The third kappa shape index (κ3) is 5.54. The van der Waals surface area contributed by atoms with E-state index in [-0.39, 0.29) is 13.0 Å². The Balaban J connectivity index is 1.65. The van der Waals surface area contributed by atoms with Gasteiger partial charge in [-0.3, -0.25) is 0 Å². The van der Waals surface area contributed by atoms with Crippen molar-refractivity contribution < 1.29 is 19.4 Å². The smallest absolute Gasteiger partial charge is 0.408 e. The Morgan fingerprint density at radius 1 is 0.889 bits per heavy atom. The van der Waals surface area contributed by atoms with Crippen LogP contribution in [0.1, 0.15) is 48.9 Å². The third-order valence-electron chi connectivity index (χ3n) is 6.40. The number of ether oxygens (including phenoxy) is 1. The number of hydrogen-bond acceptors (Lipinski definition) is 4. The second kappa shape index (κ2) is 11.5. The second-order valence-corrected chi connectivity index (χ2v) is 8.83.